The quantitative estimate of drug-likeness (QED) is 0.727. The molecule has 0 bridgehead atoms. The molecular weight excluding hydrogens is 346 g/mol. The molecule has 1 aromatic carbocycles. The summed E-state index contributed by atoms with van der Waals surface area (Å²) in [4.78, 5) is 22.1. The monoisotopic (exact) mass is 362 g/mol. The Labute approximate surface area is 147 Å². The molecule has 8 heteroatoms. The fourth-order valence-electron chi connectivity index (χ4n) is 2.53. The number of aromatic nitrogens is 2. The van der Waals surface area contributed by atoms with Crippen molar-refractivity contribution >= 4 is 33.3 Å². The van der Waals surface area contributed by atoms with E-state index in [4.69, 9.17) is 0 Å². The number of halogens is 2. The molecule has 0 saturated heterocycles. The lowest BCUT2D eigenvalue weighted by Gasteiger charge is -2.07. The van der Waals surface area contributed by atoms with E-state index in [0.717, 1.165) is 17.0 Å². The number of nitrogens with one attached hydrogen (secondary N) is 2. The van der Waals surface area contributed by atoms with Gasteiger partial charge in [0.2, 0.25) is 0 Å². The van der Waals surface area contributed by atoms with E-state index in [-0.39, 0.29) is 18.0 Å². The van der Waals surface area contributed by atoms with E-state index in [1.165, 1.54) is 29.8 Å². The number of nitrogens with zero attached hydrogens (tertiary/aromatic N) is 2. The standard InChI is InChI=1S/C17H16F2N4OS/c1-3-20-15-12-9(2)14(25-17(12)23-8-22-15)16(24)21-7-10-5-4-6-11(18)13(10)19/h4-6,8H,3,7H2,1-2H3,(H,21,24)(H,20,22,23). The van der Waals surface area contributed by atoms with Gasteiger partial charge in [0.05, 0.1) is 10.3 Å². The predicted octanol–water partition coefficient (Wildman–Crippen LogP) is 3.64. The molecule has 0 fully saturated rings. The van der Waals surface area contributed by atoms with Gasteiger partial charge in [0, 0.05) is 18.7 Å². The fraction of sp³-hybridized carbons (Fsp3) is 0.235. The van der Waals surface area contributed by atoms with E-state index < -0.39 is 11.6 Å². The lowest BCUT2D eigenvalue weighted by molar-refractivity contribution is 0.0954. The molecule has 5 nitrogen and oxygen atoms in total. The minimum Gasteiger partial charge on any atom is -0.370 e. The van der Waals surface area contributed by atoms with Crippen molar-refractivity contribution in [1.29, 1.82) is 0 Å². The predicted molar refractivity (Wildman–Crippen MR) is 93.8 cm³/mol. The number of hydrogen-bond donors (Lipinski definition) is 2. The molecule has 0 radical (unpaired) electrons. The van der Waals surface area contributed by atoms with E-state index in [9.17, 15) is 13.6 Å². The molecule has 0 aliphatic carbocycles. The normalized spacial score (nSPS) is 10.9. The second kappa shape index (κ2) is 7.10. The molecule has 3 rings (SSSR count). The van der Waals surface area contributed by atoms with Crippen LogP contribution in [0.4, 0.5) is 14.6 Å². The Morgan fingerprint density at radius 1 is 1.28 bits per heavy atom. The van der Waals surface area contributed by atoms with Crippen LogP contribution in [0.25, 0.3) is 10.2 Å². The second-order valence-corrected chi connectivity index (χ2v) is 6.38. The molecule has 130 valence electrons. The van der Waals surface area contributed by atoms with Crippen LogP contribution in [-0.4, -0.2) is 22.4 Å². The van der Waals surface area contributed by atoms with Gasteiger partial charge < -0.3 is 10.6 Å². The van der Waals surface area contributed by atoms with Gasteiger partial charge in [0.15, 0.2) is 11.6 Å². The van der Waals surface area contributed by atoms with Crippen LogP contribution in [0.5, 0.6) is 0 Å². The van der Waals surface area contributed by atoms with Crippen molar-refractivity contribution in [3.63, 3.8) is 0 Å². The number of hydrogen-bond acceptors (Lipinski definition) is 5. The average molecular weight is 362 g/mol. The van der Waals surface area contributed by atoms with Crippen LogP contribution in [0.2, 0.25) is 0 Å². The van der Waals surface area contributed by atoms with Gasteiger partial charge in [-0.1, -0.05) is 12.1 Å². The van der Waals surface area contributed by atoms with Crippen molar-refractivity contribution in [2.45, 2.75) is 20.4 Å². The fourth-order valence-corrected chi connectivity index (χ4v) is 3.60. The van der Waals surface area contributed by atoms with E-state index in [1.807, 2.05) is 13.8 Å². The highest BCUT2D eigenvalue weighted by molar-refractivity contribution is 7.20. The van der Waals surface area contributed by atoms with Crippen LogP contribution < -0.4 is 10.6 Å². The summed E-state index contributed by atoms with van der Waals surface area (Å²) in [5, 5.41) is 6.58. The third-order valence-electron chi connectivity index (χ3n) is 3.75. The molecular formula is C17H16F2N4OS. The van der Waals surface area contributed by atoms with Gasteiger partial charge in [0.1, 0.15) is 17.0 Å². The molecule has 2 aromatic heterocycles. The third kappa shape index (κ3) is 3.30. The lowest BCUT2D eigenvalue weighted by Crippen LogP contribution is -2.23. The molecule has 1 amide bonds. The van der Waals surface area contributed by atoms with Gasteiger partial charge in [-0.15, -0.1) is 11.3 Å². The maximum atomic E-state index is 13.7. The van der Waals surface area contributed by atoms with E-state index in [0.29, 0.717) is 22.1 Å². The first-order valence-electron chi connectivity index (χ1n) is 7.72. The Balaban J connectivity index is 1.86. The number of rotatable bonds is 5. The zero-order chi connectivity index (χ0) is 18.0. The zero-order valence-corrected chi connectivity index (χ0v) is 14.5. The first kappa shape index (κ1) is 17.2. The van der Waals surface area contributed by atoms with Crippen molar-refractivity contribution < 1.29 is 13.6 Å². The summed E-state index contributed by atoms with van der Waals surface area (Å²) in [7, 11) is 0. The molecule has 2 N–H and O–H groups in total. The van der Waals surface area contributed by atoms with Crippen molar-refractivity contribution in [3.8, 4) is 0 Å². The van der Waals surface area contributed by atoms with Gasteiger partial charge >= 0.3 is 0 Å². The minimum absolute atomic E-state index is 0.0954. The highest BCUT2D eigenvalue weighted by Gasteiger charge is 2.19. The van der Waals surface area contributed by atoms with Gasteiger partial charge in [-0.3, -0.25) is 4.79 Å². The van der Waals surface area contributed by atoms with Crippen molar-refractivity contribution in [2.24, 2.45) is 0 Å². The number of anilines is 1. The summed E-state index contributed by atoms with van der Waals surface area (Å²) in [5.74, 6) is -1.56. The maximum Gasteiger partial charge on any atom is 0.261 e. The molecule has 0 aliphatic rings. The van der Waals surface area contributed by atoms with Crippen molar-refractivity contribution in [3.05, 3.63) is 52.2 Å². The molecule has 0 saturated carbocycles. The number of carbonyl (C=O) groups excluding carboxylic acids is 1. The molecule has 0 atom stereocenters. The van der Waals surface area contributed by atoms with Crippen molar-refractivity contribution in [1.82, 2.24) is 15.3 Å². The van der Waals surface area contributed by atoms with E-state index in [2.05, 4.69) is 20.6 Å². The molecule has 0 aliphatic heterocycles. The zero-order valence-electron chi connectivity index (χ0n) is 13.7. The first-order valence-corrected chi connectivity index (χ1v) is 8.53. The maximum absolute atomic E-state index is 13.7. The molecule has 3 aromatic rings. The summed E-state index contributed by atoms with van der Waals surface area (Å²) in [5.41, 5.74) is 0.856. The highest BCUT2D eigenvalue weighted by Crippen LogP contribution is 2.33. The Hall–Kier alpha value is -2.61. The average Bonchev–Trinajstić information content (AvgIpc) is 2.94. The largest absolute Gasteiger partial charge is 0.370 e. The van der Waals surface area contributed by atoms with Crippen LogP contribution in [0, 0.1) is 18.6 Å². The molecule has 25 heavy (non-hydrogen) atoms. The topological polar surface area (TPSA) is 66.9 Å². The Morgan fingerprint density at radius 2 is 2.08 bits per heavy atom. The smallest absolute Gasteiger partial charge is 0.261 e. The van der Waals surface area contributed by atoms with Crippen LogP contribution >= 0.6 is 11.3 Å². The number of aryl methyl sites for hydroxylation is 1. The second-order valence-electron chi connectivity index (χ2n) is 5.38. The Morgan fingerprint density at radius 3 is 2.84 bits per heavy atom. The molecule has 0 spiro atoms. The van der Waals surface area contributed by atoms with Crippen molar-refractivity contribution in [2.75, 3.05) is 11.9 Å². The van der Waals surface area contributed by atoms with Crippen LogP contribution in [-0.2, 0) is 6.54 Å². The first-order chi connectivity index (χ1) is 12.0. The summed E-state index contributed by atoms with van der Waals surface area (Å²) in [6, 6.07) is 3.88. The SMILES string of the molecule is CCNc1ncnc2sc(C(=O)NCc3cccc(F)c3F)c(C)c12. The Kier molecular flexibility index (Phi) is 4.89. The number of benzene rings is 1. The summed E-state index contributed by atoms with van der Waals surface area (Å²) >= 11 is 1.24. The van der Waals surface area contributed by atoms with E-state index in [1.54, 1.807) is 0 Å². The molecule has 2 heterocycles. The third-order valence-corrected chi connectivity index (χ3v) is 4.95. The Bertz CT molecular complexity index is 942. The van der Waals surface area contributed by atoms with Gasteiger partial charge in [-0.05, 0) is 25.5 Å². The summed E-state index contributed by atoms with van der Waals surface area (Å²) in [6.45, 7) is 4.38. The van der Waals surface area contributed by atoms with Gasteiger partial charge in [0.25, 0.3) is 5.91 Å². The number of thiophene rings is 1. The van der Waals surface area contributed by atoms with Crippen LogP contribution in [0.15, 0.2) is 24.5 Å². The summed E-state index contributed by atoms with van der Waals surface area (Å²) < 4.78 is 26.9. The van der Waals surface area contributed by atoms with Gasteiger partial charge in [-0.25, -0.2) is 18.7 Å². The van der Waals surface area contributed by atoms with Crippen LogP contribution in [0.1, 0.15) is 27.7 Å². The van der Waals surface area contributed by atoms with E-state index >= 15 is 0 Å². The minimum atomic E-state index is -0.948. The number of carbonyl (C=O) groups is 1. The van der Waals surface area contributed by atoms with Crippen LogP contribution in [0.3, 0.4) is 0 Å². The lowest BCUT2D eigenvalue weighted by atomic mass is 10.1. The number of fused-ring (bicyclic) bond motifs is 1. The highest BCUT2D eigenvalue weighted by atomic mass is 32.1. The van der Waals surface area contributed by atoms with Gasteiger partial charge in [-0.2, -0.15) is 0 Å². The number of amides is 1. The summed E-state index contributed by atoms with van der Waals surface area (Å²) in [6.07, 6.45) is 1.44. The molecule has 0 unspecified atom stereocenters.